The van der Waals surface area contributed by atoms with E-state index in [0.717, 1.165) is 6.42 Å². The van der Waals surface area contributed by atoms with Crippen molar-refractivity contribution < 1.29 is 0 Å². The van der Waals surface area contributed by atoms with E-state index in [9.17, 15) is 0 Å². The predicted octanol–water partition coefficient (Wildman–Crippen LogP) is 2.09. The highest BCUT2D eigenvalue weighted by Crippen LogP contribution is 2.27. The second kappa shape index (κ2) is 4.19. The van der Waals surface area contributed by atoms with Crippen LogP contribution in [-0.2, 0) is 0 Å². The molecule has 0 aliphatic carbocycles. The molecule has 0 aromatic heterocycles. The van der Waals surface area contributed by atoms with Crippen molar-refractivity contribution in [3.8, 4) is 0 Å². The van der Waals surface area contributed by atoms with E-state index in [1.165, 1.54) is 13.1 Å². The Balaban J connectivity index is 2.55. The van der Waals surface area contributed by atoms with Gasteiger partial charge in [0.25, 0.3) is 0 Å². The van der Waals surface area contributed by atoms with Crippen molar-refractivity contribution in [3.05, 3.63) is 0 Å². The van der Waals surface area contributed by atoms with Crippen LogP contribution in [0.4, 0.5) is 0 Å². The number of nitrogens with two attached hydrogens (primary N) is 1. The van der Waals surface area contributed by atoms with Gasteiger partial charge in [-0.3, -0.25) is 4.90 Å². The summed E-state index contributed by atoms with van der Waals surface area (Å²) in [6, 6.07) is 1.07. The Hall–Kier alpha value is -0.0800. The molecule has 14 heavy (non-hydrogen) atoms. The van der Waals surface area contributed by atoms with Gasteiger partial charge in [-0.1, -0.05) is 27.7 Å². The van der Waals surface area contributed by atoms with E-state index in [0.29, 0.717) is 23.4 Å². The van der Waals surface area contributed by atoms with Gasteiger partial charge in [0.15, 0.2) is 0 Å². The Morgan fingerprint density at radius 3 is 2.36 bits per heavy atom. The number of piperidine rings is 1. The van der Waals surface area contributed by atoms with Crippen LogP contribution in [0.25, 0.3) is 0 Å². The Bertz CT molecular complexity index is 183. The lowest BCUT2D eigenvalue weighted by Gasteiger charge is -2.43. The summed E-state index contributed by atoms with van der Waals surface area (Å²) >= 11 is 0. The van der Waals surface area contributed by atoms with Gasteiger partial charge in [0, 0.05) is 18.6 Å². The molecule has 3 atom stereocenters. The zero-order valence-electron chi connectivity index (χ0n) is 10.4. The van der Waals surface area contributed by atoms with E-state index in [4.69, 9.17) is 5.73 Å². The Kier molecular flexibility index (Phi) is 3.59. The fraction of sp³-hybridized carbons (Fsp3) is 1.00. The molecule has 0 saturated carbocycles. The minimum atomic E-state index is 0.376. The van der Waals surface area contributed by atoms with Crippen molar-refractivity contribution in [2.75, 3.05) is 13.1 Å². The summed E-state index contributed by atoms with van der Waals surface area (Å²) in [6.45, 7) is 13.9. The van der Waals surface area contributed by atoms with Crippen LogP contribution in [0.2, 0.25) is 0 Å². The fourth-order valence-corrected chi connectivity index (χ4v) is 2.10. The number of hydrogen-bond donors (Lipinski definition) is 1. The highest BCUT2D eigenvalue weighted by atomic mass is 15.2. The molecular formula is C12H26N2. The molecule has 0 spiro atoms. The molecule has 0 radical (unpaired) electrons. The first kappa shape index (κ1) is 12.0. The van der Waals surface area contributed by atoms with E-state index >= 15 is 0 Å². The van der Waals surface area contributed by atoms with Gasteiger partial charge in [0.2, 0.25) is 0 Å². The van der Waals surface area contributed by atoms with Crippen LogP contribution in [0.1, 0.15) is 41.0 Å². The lowest BCUT2D eigenvalue weighted by molar-refractivity contribution is 0.0641. The minimum absolute atomic E-state index is 0.376. The molecule has 0 aromatic rings. The van der Waals surface area contributed by atoms with Gasteiger partial charge < -0.3 is 5.73 Å². The topological polar surface area (TPSA) is 29.3 Å². The van der Waals surface area contributed by atoms with Gasteiger partial charge in [-0.15, -0.1) is 0 Å². The molecule has 2 nitrogen and oxygen atoms in total. The van der Waals surface area contributed by atoms with Crippen LogP contribution in [-0.4, -0.2) is 30.1 Å². The maximum absolute atomic E-state index is 6.02. The molecular weight excluding hydrogens is 172 g/mol. The van der Waals surface area contributed by atoms with Crippen LogP contribution in [0.5, 0.6) is 0 Å². The average molecular weight is 198 g/mol. The summed E-state index contributed by atoms with van der Waals surface area (Å²) < 4.78 is 0. The van der Waals surface area contributed by atoms with Crippen LogP contribution in [0.3, 0.4) is 0 Å². The summed E-state index contributed by atoms with van der Waals surface area (Å²) in [4.78, 5) is 2.59. The highest BCUT2D eigenvalue weighted by Gasteiger charge is 2.31. The quantitative estimate of drug-likeness (QED) is 0.699. The lowest BCUT2D eigenvalue weighted by Crippen LogP contribution is -2.52. The van der Waals surface area contributed by atoms with Gasteiger partial charge in [-0.05, 0) is 31.2 Å². The maximum Gasteiger partial charge on any atom is 0.0116 e. The molecule has 1 aliphatic rings. The first-order valence-corrected chi connectivity index (χ1v) is 5.82. The van der Waals surface area contributed by atoms with Crippen molar-refractivity contribution in [2.45, 2.75) is 53.1 Å². The zero-order chi connectivity index (χ0) is 10.9. The maximum atomic E-state index is 6.02. The molecule has 84 valence electrons. The molecule has 1 saturated heterocycles. The average Bonchev–Trinajstić information content (AvgIpc) is 2.07. The van der Waals surface area contributed by atoms with Crippen LogP contribution >= 0.6 is 0 Å². The van der Waals surface area contributed by atoms with Gasteiger partial charge in [-0.25, -0.2) is 0 Å². The van der Waals surface area contributed by atoms with Crippen LogP contribution < -0.4 is 5.73 Å². The minimum Gasteiger partial charge on any atom is -0.327 e. The standard InChI is InChI=1S/C12H26N2/c1-9-8-14(7-6-11(9)13)10(2)12(3,4)5/h9-11H,6-8,13H2,1-5H3. The molecule has 0 amide bonds. The third kappa shape index (κ3) is 2.71. The number of hydrogen-bond acceptors (Lipinski definition) is 2. The molecule has 2 heteroatoms. The zero-order valence-corrected chi connectivity index (χ0v) is 10.4. The molecule has 2 N–H and O–H groups in total. The van der Waals surface area contributed by atoms with Crippen molar-refractivity contribution in [2.24, 2.45) is 17.1 Å². The number of nitrogens with zero attached hydrogens (tertiary/aromatic N) is 1. The molecule has 1 heterocycles. The molecule has 1 rings (SSSR count). The van der Waals surface area contributed by atoms with Crippen molar-refractivity contribution in [1.29, 1.82) is 0 Å². The summed E-state index contributed by atoms with van der Waals surface area (Å²) in [5.41, 5.74) is 6.40. The lowest BCUT2D eigenvalue weighted by atomic mass is 9.84. The van der Waals surface area contributed by atoms with Gasteiger partial charge in [0.05, 0.1) is 0 Å². The van der Waals surface area contributed by atoms with E-state index in [1.807, 2.05) is 0 Å². The molecule has 1 fully saturated rings. The number of likely N-dealkylation sites (tertiary alicyclic amines) is 1. The van der Waals surface area contributed by atoms with Crippen molar-refractivity contribution in [3.63, 3.8) is 0 Å². The highest BCUT2D eigenvalue weighted by molar-refractivity contribution is 4.86. The van der Waals surface area contributed by atoms with E-state index in [1.54, 1.807) is 0 Å². The molecule has 3 unspecified atom stereocenters. The van der Waals surface area contributed by atoms with Crippen LogP contribution in [0.15, 0.2) is 0 Å². The van der Waals surface area contributed by atoms with Crippen LogP contribution in [0, 0.1) is 11.3 Å². The molecule has 0 bridgehead atoms. The van der Waals surface area contributed by atoms with Crippen molar-refractivity contribution in [1.82, 2.24) is 4.90 Å². The van der Waals surface area contributed by atoms with E-state index in [-0.39, 0.29) is 0 Å². The summed E-state index contributed by atoms with van der Waals surface area (Å²) in [6.07, 6.45) is 1.15. The largest absolute Gasteiger partial charge is 0.327 e. The molecule has 1 aliphatic heterocycles. The number of rotatable bonds is 1. The molecule has 0 aromatic carbocycles. The summed E-state index contributed by atoms with van der Waals surface area (Å²) in [5, 5.41) is 0. The Morgan fingerprint density at radius 2 is 1.93 bits per heavy atom. The van der Waals surface area contributed by atoms with Gasteiger partial charge >= 0.3 is 0 Å². The summed E-state index contributed by atoms with van der Waals surface area (Å²) in [5.74, 6) is 0.647. The van der Waals surface area contributed by atoms with Gasteiger partial charge in [-0.2, -0.15) is 0 Å². The Morgan fingerprint density at radius 1 is 1.36 bits per heavy atom. The fourth-order valence-electron chi connectivity index (χ4n) is 2.10. The second-order valence-corrected chi connectivity index (χ2v) is 5.97. The third-order valence-electron chi connectivity index (χ3n) is 3.80. The predicted molar refractivity (Wildman–Crippen MR) is 62.2 cm³/mol. The first-order chi connectivity index (χ1) is 6.32. The second-order valence-electron chi connectivity index (χ2n) is 5.97. The normalized spacial score (nSPS) is 33.0. The Labute approximate surface area is 88.8 Å². The van der Waals surface area contributed by atoms with Gasteiger partial charge in [0.1, 0.15) is 0 Å². The summed E-state index contributed by atoms with van der Waals surface area (Å²) in [7, 11) is 0. The van der Waals surface area contributed by atoms with Crippen molar-refractivity contribution >= 4 is 0 Å². The van der Waals surface area contributed by atoms with E-state index in [2.05, 4.69) is 39.5 Å². The monoisotopic (exact) mass is 198 g/mol. The SMILES string of the molecule is CC1CN(C(C)C(C)(C)C)CCC1N. The van der Waals surface area contributed by atoms with E-state index < -0.39 is 0 Å². The third-order valence-corrected chi connectivity index (χ3v) is 3.80. The first-order valence-electron chi connectivity index (χ1n) is 5.82. The smallest absolute Gasteiger partial charge is 0.0116 e.